The number of likely N-dealkylation sites (tertiary alicyclic amines) is 1. The third-order valence-electron chi connectivity index (χ3n) is 5.08. The molecule has 0 spiro atoms. The van der Waals surface area contributed by atoms with Crippen LogP contribution in [0.3, 0.4) is 0 Å². The minimum Gasteiger partial charge on any atom is -0.338 e. The van der Waals surface area contributed by atoms with E-state index in [0.717, 1.165) is 49.9 Å². The normalized spacial score (nSPS) is 17.5. The number of aromatic nitrogens is 2. The highest BCUT2D eigenvalue weighted by atomic mass is 19.2. The zero-order valence-corrected chi connectivity index (χ0v) is 15.1. The molecule has 1 aliphatic rings. The second-order valence-electron chi connectivity index (χ2n) is 7.06. The molecule has 1 aromatic heterocycles. The Bertz CT molecular complexity index is 759. The fraction of sp³-hybridized carbons (Fsp3) is 0.500. The van der Waals surface area contributed by atoms with Gasteiger partial charge in [0.05, 0.1) is 11.8 Å². The number of halogens is 2. The molecule has 1 N–H and O–H groups in total. The van der Waals surface area contributed by atoms with Crippen LogP contribution < -0.4 is 0 Å². The Balaban J connectivity index is 1.59. The number of amides is 1. The van der Waals surface area contributed by atoms with Crippen molar-refractivity contribution >= 4 is 5.91 Å². The number of piperidine rings is 1. The number of benzene rings is 1. The molecule has 0 saturated carbocycles. The van der Waals surface area contributed by atoms with Crippen LogP contribution in [0.1, 0.15) is 54.2 Å². The predicted octanol–water partition coefficient (Wildman–Crippen LogP) is 4.13. The van der Waals surface area contributed by atoms with E-state index in [1.165, 1.54) is 12.1 Å². The molecule has 0 unspecified atom stereocenters. The van der Waals surface area contributed by atoms with Gasteiger partial charge in [-0.3, -0.25) is 9.89 Å². The maximum absolute atomic E-state index is 13.3. The van der Waals surface area contributed by atoms with Gasteiger partial charge in [0.15, 0.2) is 11.6 Å². The Morgan fingerprint density at radius 2 is 2.15 bits per heavy atom. The first-order chi connectivity index (χ1) is 12.6. The van der Waals surface area contributed by atoms with Gasteiger partial charge < -0.3 is 4.90 Å². The van der Waals surface area contributed by atoms with Crippen molar-refractivity contribution in [2.24, 2.45) is 5.92 Å². The van der Waals surface area contributed by atoms with Crippen molar-refractivity contribution in [3.63, 3.8) is 0 Å². The van der Waals surface area contributed by atoms with Crippen molar-refractivity contribution in [1.82, 2.24) is 15.1 Å². The molecule has 1 aromatic carbocycles. The molecule has 2 heterocycles. The van der Waals surface area contributed by atoms with E-state index >= 15 is 0 Å². The van der Waals surface area contributed by atoms with E-state index in [1.807, 2.05) is 4.90 Å². The van der Waals surface area contributed by atoms with Gasteiger partial charge in [-0.15, -0.1) is 0 Å². The number of aryl methyl sites for hydroxylation is 2. The molecule has 0 radical (unpaired) electrons. The van der Waals surface area contributed by atoms with E-state index < -0.39 is 11.6 Å². The third-order valence-corrected chi connectivity index (χ3v) is 5.08. The van der Waals surface area contributed by atoms with Crippen LogP contribution in [0.15, 0.2) is 24.4 Å². The first-order valence-electron chi connectivity index (χ1n) is 9.34. The van der Waals surface area contributed by atoms with Crippen molar-refractivity contribution in [1.29, 1.82) is 0 Å². The number of hydrogen-bond acceptors (Lipinski definition) is 2. The van der Waals surface area contributed by atoms with Gasteiger partial charge in [0.25, 0.3) is 5.91 Å². The molecule has 1 amide bonds. The fourth-order valence-electron chi connectivity index (χ4n) is 3.66. The Hall–Kier alpha value is -2.24. The lowest BCUT2D eigenvalue weighted by molar-refractivity contribution is 0.0667. The average Bonchev–Trinajstić information content (AvgIpc) is 3.11. The fourth-order valence-corrected chi connectivity index (χ4v) is 3.66. The zero-order chi connectivity index (χ0) is 18.5. The van der Waals surface area contributed by atoms with Gasteiger partial charge in [-0.2, -0.15) is 5.10 Å². The summed E-state index contributed by atoms with van der Waals surface area (Å²) in [5.74, 6) is -1.19. The van der Waals surface area contributed by atoms with Crippen LogP contribution in [0.4, 0.5) is 8.78 Å². The zero-order valence-electron chi connectivity index (χ0n) is 15.1. The molecular weight excluding hydrogens is 336 g/mol. The molecule has 1 saturated heterocycles. The second-order valence-corrected chi connectivity index (χ2v) is 7.06. The van der Waals surface area contributed by atoms with Crippen LogP contribution in [0.5, 0.6) is 0 Å². The molecule has 2 aromatic rings. The highest BCUT2D eigenvalue weighted by Crippen LogP contribution is 2.24. The van der Waals surface area contributed by atoms with Crippen molar-refractivity contribution in [2.45, 2.75) is 45.4 Å². The highest BCUT2D eigenvalue weighted by molar-refractivity contribution is 5.95. The Kier molecular flexibility index (Phi) is 6.01. The maximum Gasteiger partial charge on any atom is 0.257 e. The largest absolute Gasteiger partial charge is 0.338 e. The SMILES string of the molecule is CCCc1[nH]ncc1C(=O)N1CCC[C@@H](CCc2ccc(F)c(F)c2)C1. The number of H-pyrrole nitrogens is 1. The summed E-state index contributed by atoms with van der Waals surface area (Å²) in [6.45, 7) is 3.54. The van der Waals surface area contributed by atoms with E-state index in [-0.39, 0.29) is 5.91 Å². The number of nitrogens with zero attached hydrogens (tertiary/aromatic N) is 2. The topological polar surface area (TPSA) is 49.0 Å². The lowest BCUT2D eigenvalue weighted by atomic mass is 9.91. The summed E-state index contributed by atoms with van der Waals surface area (Å²) in [7, 11) is 0. The first-order valence-corrected chi connectivity index (χ1v) is 9.34. The van der Waals surface area contributed by atoms with Crippen LogP contribution in [0.25, 0.3) is 0 Å². The summed E-state index contributed by atoms with van der Waals surface area (Å²) in [6.07, 6.45) is 6.97. The maximum atomic E-state index is 13.3. The van der Waals surface area contributed by atoms with Crippen LogP contribution in [0.2, 0.25) is 0 Å². The van der Waals surface area contributed by atoms with Crippen LogP contribution in [-0.2, 0) is 12.8 Å². The summed E-state index contributed by atoms with van der Waals surface area (Å²) >= 11 is 0. The van der Waals surface area contributed by atoms with E-state index in [4.69, 9.17) is 0 Å². The van der Waals surface area contributed by atoms with Gasteiger partial charge in [0.2, 0.25) is 0 Å². The standard InChI is InChI=1S/C20H25F2N3O/c1-2-4-19-16(12-23-24-19)20(26)25-10-3-5-15(13-25)7-6-14-8-9-17(21)18(22)11-14/h8-9,11-12,15H,2-7,10,13H2,1H3,(H,23,24)/t15-/m0/s1. The molecule has 26 heavy (non-hydrogen) atoms. The number of carbonyl (C=O) groups excluding carboxylic acids is 1. The molecule has 1 atom stereocenters. The number of nitrogens with one attached hydrogen (secondary N) is 1. The Morgan fingerprint density at radius 1 is 1.31 bits per heavy atom. The first kappa shape index (κ1) is 18.5. The van der Waals surface area contributed by atoms with E-state index in [9.17, 15) is 13.6 Å². The van der Waals surface area contributed by atoms with Crippen molar-refractivity contribution < 1.29 is 13.6 Å². The van der Waals surface area contributed by atoms with Crippen LogP contribution >= 0.6 is 0 Å². The van der Waals surface area contributed by atoms with Gasteiger partial charge in [-0.05, 0) is 55.7 Å². The summed E-state index contributed by atoms with van der Waals surface area (Å²) in [5, 5.41) is 6.96. The van der Waals surface area contributed by atoms with Crippen molar-refractivity contribution in [3.05, 3.63) is 52.9 Å². The number of aromatic amines is 1. The summed E-state index contributed by atoms with van der Waals surface area (Å²) in [4.78, 5) is 14.7. The minimum atomic E-state index is -0.814. The molecule has 0 aliphatic carbocycles. The van der Waals surface area contributed by atoms with Crippen LogP contribution in [0, 0.1) is 17.6 Å². The van der Waals surface area contributed by atoms with Crippen LogP contribution in [-0.4, -0.2) is 34.1 Å². The summed E-state index contributed by atoms with van der Waals surface area (Å²) in [6, 6.07) is 4.08. The lowest BCUT2D eigenvalue weighted by Crippen LogP contribution is -2.40. The van der Waals surface area contributed by atoms with Crippen molar-refractivity contribution in [3.8, 4) is 0 Å². The Labute approximate surface area is 152 Å². The number of hydrogen-bond donors (Lipinski definition) is 1. The second kappa shape index (κ2) is 8.43. The summed E-state index contributed by atoms with van der Waals surface area (Å²) in [5.41, 5.74) is 2.38. The van der Waals surface area contributed by atoms with Crippen molar-refractivity contribution in [2.75, 3.05) is 13.1 Å². The third kappa shape index (κ3) is 4.29. The average molecular weight is 361 g/mol. The molecule has 140 valence electrons. The van der Waals surface area contributed by atoms with Gasteiger partial charge >= 0.3 is 0 Å². The Morgan fingerprint density at radius 3 is 2.92 bits per heavy atom. The monoisotopic (exact) mass is 361 g/mol. The van der Waals surface area contributed by atoms with Gasteiger partial charge in [-0.25, -0.2) is 8.78 Å². The molecule has 4 nitrogen and oxygen atoms in total. The van der Waals surface area contributed by atoms with Gasteiger partial charge in [0.1, 0.15) is 0 Å². The van der Waals surface area contributed by atoms with Gasteiger partial charge in [-0.1, -0.05) is 19.4 Å². The van der Waals surface area contributed by atoms with E-state index in [0.29, 0.717) is 24.4 Å². The molecule has 0 bridgehead atoms. The number of carbonyl (C=O) groups is 1. The molecule has 1 aliphatic heterocycles. The van der Waals surface area contributed by atoms with E-state index in [2.05, 4.69) is 17.1 Å². The minimum absolute atomic E-state index is 0.0414. The predicted molar refractivity (Wildman–Crippen MR) is 95.9 cm³/mol. The van der Waals surface area contributed by atoms with Gasteiger partial charge in [0, 0.05) is 18.8 Å². The molecule has 6 heteroatoms. The molecule has 3 rings (SSSR count). The lowest BCUT2D eigenvalue weighted by Gasteiger charge is -2.33. The van der Waals surface area contributed by atoms with E-state index in [1.54, 1.807) is 12.3 Å². The highest BCUT2D eigenvalue weighted by Gasteiger charge is 2.26. The number of rotatable bonds is 6. The molecule has 1 fully saturated rings. The summed E-state index contributed by atoms with van der Waals surface area (Å²) < 4.78 is 26.4. The smallest absolute Gasteiger partial charge is 0.257 e. The quantitative estimate of drug-likeness (QED) is 0.841. The molecular formula is C20H25F2N3O.